The second-order valence-corrected chi connectivity index (χ2v) is 9.18. The summed E-state index contributed by atoms with van der Waals surface area (Å²) in [6, 6.07) is 4.88. The van der Waals surface area contributed by atoms with Crippen LogP contribution in [0.4, 0.5) is 0 Å². The summed E-state index contributed by atoms with van der Waals surface area (Å²) in [5, 5.41) is 0. The third kappa shape index (κ3) is 5.56. The molecular formula is C23H37N5O. The molecule has 3 fully saturated rings. The molecule has 0 bridgehead atoms. The van der Waals surface area contributed by atoms with Crippen LogP contribution < -0.4 is 0 Å². The van der Waals surface area contributed by atoms with Gasteiger partial charge >= 0.3 is 0 Å². The quantitative estimate of drug-likeness (QED) is 0.774. The minimum atomic E-state index is 0.210. The summed E-state index contributed by atoms with van der Waals surface area (Å²) in [5.74, 6) is 0.627. The Hall–Kier alpha value is -1.50. The number of likely N-dealkylation sites (tertiary alicyclic amines) is 2. The van der Waals surface area contributed by atoms with Gasteiger partial charge in [-0.3, -0.25) is 19.6 Å². The molecule has 29 heavy (non-hydrogen) atoms. The summed E-state index contributed by atoms with van der Waals surface area (Å²) in [6.07, 6.45) is 9.56. The van der Waals surface area contributed by atoms with Gasteiger partial charge in [-0.1, -0.05) is 0 Å². The lowest BCUT2D eigenvalue weighted by Crippen LogP contribution is -2.51. The monoisotopic (exact) mass is 399 g/mol. The first kappa shape index (κ1) is 20.8. The van der Waals surface area contributed by atoms with Gasteiger partial charge < -0.3 is 9.80 Å². The summed E-state index contributed by atoms with van der Waals surface area (Å²) in [7, 11) is 2.16. The van der Waals surface area contributed by atoms with Crippen LogP contribution in [0.1, 0.15) is 37.7 Å². The summed E-state index contributed by atoms with van der Waals surface area (Å²) >= 11 is 0. The Morgan fingerprint density at radius 1 is 0.966 bits per heavy atom. The van der Waals surface area contributed by atoms with Crippen molar-refractivity contribution in [1.82, 2.24) is 24.6 Å². The van der Waals surface area contributed by atoms with Gasteiger partial charge in [-0.25, -0.2) is 0 Å². The van der Waals surface area contributed by atoms with Crippen LogP contribution in [0.15, 0.2) is 24.5 Å². The van der Waals surface area contributed by atoms with Crippen molar-refractivity contribution in [2.24, 2.45) is 5.92 Å². The molecule has 0 spiro atoms. The van der Waals surface area contributed by atoms with Crippen LogP contribution >= 0.6 is 0 Å². The van der Waals surface area contributed by atoms with E-state index in [1.165, 1.54) is 31.4 Å². The van der Waals surface area contributed by atoms with Crippen LogP contribution in [0.2, 0.25) is 0 Å². The Morgan fingerprint density at radius 2 is 1.76 bits per heavy atom. The van der Waals surface area contributed by atoms with Crippen molar-refractivity contribution in [2.45, 2.75) is 44.7 Å². The molecule has 4 heterocycles. The average Bonchev–Trinajstić information content (AvgIpc) is 2.99. The highest BCUT2D eigenvalue weighted by atomic mass is 16.2. The predicted molar refractivity (Wildman–Crippen MR) is 116 cm³/mol. The Bertz CT molecular complexity index is 646. The molecule has 3 saturated heterocycles. The maximum atomic E-state index is 13.2. The number of rotatable bonds is 4. The summed E-state index contributed by atoms with van der Waals surface area (Å²) < 4.78 is 0. The third-order valence-electron chi connectivity index (χ3n) is 7.06. The van der Waals surface area contributed by atoms with E-state index in [4.69, 9.17) is 0 Å². The molecule has 3 aliphatic heterocycles. The standard InChI is InChI=1S/C23H37N5O/c1-25-11-3-13-27(17-16-25)23(29)21-4-2-12-28(19-21)22-7-14-26(15-8-22)18-20-5-9-24-10-6-20/h5-6,9-10,21-22H,2-4,7-8,11-19H2,1H3/t21-/m1/s1. The molecule has 0 aromatic carbocycles. The second-order valence-electron chi connectivity index (χ2n) is 9.18. The van der Waals surface area contributed by atoms with Crippen molar-refractivity contribution in [3.8, 4) is 0 Å². The predicted octanol–water partition coefficient (Wildman–Crippen LogP) is 1.92. The van der Waals surface area contributed by atoms with Gasteiger partial charge in [0.2, 0.25) is 5.91 Å². The zero-order chi connectivity index (χ0) is 20.1. The Kier molecular flexibility index (Phi) is 7.16. The highest BCUT2D eigenvalue weighted by Gasteiger charge is 2.33. The maximum Gasteiger partial charge on any atom is 0.227 e. The van der Waals surface area contributed by atoms with E-state index in [0.717, 1.165) is 65.2 Å². The second kappa shape index (κ2) is 10.0. The third-order valence-corrected chi connectivity index (χ3v) is 7.06. The lowest BCUT2D eigenvalue weighted by atomic mass is 9.92. The van der Waals surface area contributed by atoms with E-state index in [2.05, 4.69) is 43.8 Å². The molecule has 1 atom stereocenters. The number of piperidine rings is 2. The van der Waals surface area contributed by atoms with E-state index in [9.17, 15) is 4.79 Å². The van der Waals surface area contributed by atoms with E-state index >= 15 is 0 Å². The minimum Gasteiger partial charge on any atom is -0.341 e. The number of pyridine rings is 1. The zero-order valence-electron chi connectivity index (χ0n) is 18.0. The number of hydrogen-bond donors (Lipinski definition) is 0. The van der Waals surface area contributed by atoms with Crippen LogP contribution in [-0.4, -0.2) is 95.9 Å². The smallest absolute Gasteiger partial charge is 0.227 e. The fraction of sp³-hybridized carbons (Fsp3) is 0.739. The van der Waals surface area contributed by atoms with Crippen molar-refractivity contribution >= 4 is 5.91 Å². The fourth-order valence-electron chi connectivity index (χ4n) is 5.25. The van der Waals surface area contributed by atoms with Crippen molar-refractivity contribution in [3.05, 3.63) is 30.1 Å². The fourth-order valence-corrected chi connectivity index (χ4v) is 5.25. The minimum absolute atomic E-state index is 0.210. The first-order chi connectivity index (χ1) is 14.2. The SMILES string of the molecule is CN1CCCN(C(=O)[C@@H]2CCCN(C3CCN(Cc4ccncc4)CC3)C2)CC1. The number of amides is 1. The van der Waals surface area contributed by atoms with E-state index in [1.54, 1.807) is 0 Å². The molecule has 4 rings (SSSR count). The molecule has 3 aliphatic rings. The van der Waals surface area contributed by atoms with Crippen LogP contribution in [0, 0.1) is 5.92 Å². The maximum absolute atomic E-state index is 13.2. The van der Waals surface area contributed by atoms with Gasteiger partial charge in [-0.2, -0.15) is 0 Å². The molecular weight excluding hydrogens is 362 g/mol. The highest BCUT2D eigenvalue weighted by molar-refractivity contribution is 5.79. The molecule has 160 valence electrons. The lowest BCUT2D eigenvalue weighted by molar-refractivity contribution is -0.137. The Labute approximate surface area is 175 Å². The topological polar surface area (TPSA) is 42.9 Å². The van der Waals surface area contributed by atoms with Crippen LogP contribution in [0.25, 0.3) is 0 Å². The Balaban J connectivity index is 1.26. The largest absolute Gasteiger partial charge is 0.341 e. The van der Waals surface area contributed by atoms with Crippen LogP contribution in [0.3, 0.4) is 0 Å². The molecule has 1 amide bonds. The van der Waals surface area contributed by atoms with Crippen molar-refractivity contribution in [2.75, 3.05) is 59.4 Å². The molecule has 0 unspecified atom stereocenters. The summed E-state index contributed by atoms with van der Waals surface area (Å²) in [5.41, 5.74) is 1.35. The van der Waals surface area contributed by atoms with Crippen LogP contribution in [-0.2, 0) is 11.3 Å². The van der Waals surface area contributed by atoms with Gasteiger partial charge in [0.15, 0.2) is 0 Å². The Morgan fingerprint density at radius 3 is 2.55 bits per heavy atom. The average molecular weight is 400 g/mol. The molecule has 0 N–H and O–H groups in total. The highest BCUT2D eigenvalue weighted by Crippen LogP contribution is 2.26. The number of likely N-dealkylation sites (N-methyl/N-ethyl adjacent to an activating group) is 1. The van der Waals surface area contributed by atoms with E-state index in [1.807, 2.05) is 12.4 Å². The van der Waals surface area contributed by atoms with Gasteiger partial charge in [0.1, 0.15) is 0 Å². The molecule has 6 heteroatoms. The number of carbonyl (C=O) groups excluding carboxylic acids is 1. The molecule has 6 nitrogen and oxygen atoms in total. The molecule has 1 aromatic heterocycles. The van der Waals surface area contributed by atoms with Crippen molar-refractivity contribution in [1.29, 1.82) is 0 Å². The number of aromatic nitrogens is 1. The molecule has 0 radical (unpaired) electrons. The van der Waals surface area contributed by atoms with E-state index in [0.29, 0.717) is 11.9 Å². The molecule has 1 aromatic rings. The van der Waals surface area contributed by atoms with E-state index < -0.39 is 0 Å². The number of nitrogens with zero attached hydrogens (tertiary/aromatic N) is 5. The van der Waals surface area contributed by atoms with Crippen LogP contribution in [0.5, 0.6) is 0 Å². The van der Waals surface area contributed by atoms with Gasteiger partial charge in [0.05, 0.1) is 5.92 Å². The normalized spacial score (nSPS) is 26.4. The zero-order valence-corrected chi connectivity index (χ0v) is 18.0. The first-order valence-corrected chi connectivity index (χ1v) is 11.5. The number of carbonyl (C=O) groups is 1. The summed E-state index contributed by atoms with van der Waals surface area (Å²) in [4.78, 5) is 27.0. The van der Waals surface area contributed by atoms with Gasteiger partial charge in [-0.05, 0) is 83.0 Å². The lowest BCUT2D eigenvalue weighted by Gasteiger charge is -2.42. The van der Waals surface area contributed by atoms with E-state index in [-0.39, 0.29) is 5.92 Å². The summed E-state index contributed by atoms with van der Waals surface area (Å²) in [6.45, 7) is 9.44. The van der Waals surface area contributed by atoms with Crippen molar-refractivity contribution < 1.29 is 4.79 Å². The van der Waals surface area contributed by atoms with Gasteiger partial charge in [0.25, 0.3) is 0 Å². The first-order valence-electron chi connectivity index (χ1n) is 11.5. The van der Waals surface area contributed by atoms with Gasteiger partial charge in [0, 0.05) is 51.2 Å². The number of hydrogen-bond acceptors (Lipinski definition) is 5. The molecule has 0 saturated carbocycles. The molecule has 0 aliphatic carbocycles. The van der Waals surface area contributed by atoms with Crippen molar-refractivity contribution in [3.63, 3.8) is 0 Å². The van der Waals surface area contributed by atoms with Gasteiger partial charge in [-0.15, -0.1) is 0 Å².